The predicted molar refractivity (Wildman–Crippen MR) is 163 cm³/mol. The molecule has 0 aromatic heterocycles. The Morgan fingerprint density at radius 3 is 2.20 bits per heavy atom. The molecule has 1 saturated heterocycles. The highest BCUT2D eigenvalue weighted by molar-refractivity contribution is 6.42. The van der Waals surface area contributed by atoms with Crippen molar-refractivity contribution in [1.29, 1.82) is 0 Å². The van der Waals surface area contributed by atoms with E-state index in [4.69, 9.17) is 23.2 Å². The maximum absolute atomic E-state index is 13.3. The first-order valence-electron chi connectivity index (χ1n) is 15.2. The number of carbonyl (C=O) groups excluding carboxylic acids is 2. The number of halogens is 2. The minimum absolute atomic E-state index is 0.0228. The Morgan fingerprint density at radius 2 is 1.55 bits per heavy atom. The lowest BCUT2D eigenvalue weighted by Gasteiger charge is -2.44. The molecule has 1 aliphatic heterocycles. The summed E-state index contributed by atoms with van der Waals surface area (Å²) in [7, 11) is 1.88. The van der Waals surface area contributed by atoms with Crippen LogP contribution in [0, 0.1) is 5.92 Å². The van der Waals surface area contributed by atoms with E-state index in [0.717, 1.165) is 57.3 Å². The summed E-state index contributed by atoms with van der Waals surface area (Å²) in [4.78, 5) is 33.2. The minimum Gasteiger partial charge on any atom is -0.341 e. The second kappa shape index (κ2) is 13.7. The van der Waals surface area contributed by atoms with Crippen LogP contribution in [0.3, 0.4) is 0 Å². The van der Waals surface area contributed by atoms with Gasteiger partial charge in [-0.3, -0.25) is 9.59 Å². The van der Waals surface area contributed by atoms with Gasteiger partial charge in [0, 0.05) is 56.2 Å². The van der Waals surface area contributed by atoms with Crippen molar-refractivity contribution in [2.45, 2.75) is 82.2 Å². The largest absolute Gasteiger partial charge is 0.341 e. The Hall–Kier alpha value is -2.08. The standard InChI is InChI=1S/C33H43Cl2N3O2/c1-36(32(39)24-8-4-2-5-9-24)23-27(26-14-15-30(34)31(35)22-26)16-19-37-20-17-29(18-21-37)38(33(40)25-12-13-25)28-10-6-3-7-11-28/h2,4-5,8-9,14-15,22,25,27-29H,3,6-7,10-13,16-21,23H2,1H3. The van der Waals surface area contributed by atoms with Crippen LogP contribution in [0.4, 0.5) is 0 Å². The molecule has 2 aromatic carbocycles. The number of carbonyl (C=O) groups is 2. The predicted octanol–water partition coefficient (Wildman–Crippen LogP) is 7.28. The highest BCUT2D eigenvalue weighted by atomic mass is 35.5. The van der Waals surface area contributed by atoms with E-state index >= 15 is 0 Å². The number of hydrogen-bond acceptors (Lipinski definition) is 3. The van der Waals surface area contributed by atoms with Crippen molar-refractivity contribution in [3.8, 4) is 0 Å². The van der Waals surface area contributed by atoms with E-state index in [9.17, 15) is 9.59 Å². The van der Waals surface area contributed by atoms with Crippen molar-refractivity contribution in [3.63, 3.8) is 0 Å². The Labute approximate surface area is 249 Å². The average Bonchev–Trinajstić information content (AvgIpc) is 3.84. The Kier molecular flexibility index (Phi) is 10.1. The monoisotopic (exact) mass is 583 g/mol. The number of amides is 2. The van der Waals surface area contributed by atoms with E-state index in [1.807, 2.05) is 60.5 Å². The summed E-state index contributed by atoms with van der Waals surface area (Å²) in [6, 6.07) is 16.1. The molecule has 216 valence electrons. The number of nitrogens with zero attached hydrogens (tertiary/aromatic N) is 3. The summed E-state index contributed by atoms with van der Waals surface area (Å²) in [6.45, 7) is 3.58. The summed E-state index contributed by atoms with van der Waals surface area (Å²) >= 11 is 12.6. The first-order valence-corrected chi connectivity index (χ1v) is 16.0. The maximum atomic E-state index is 13.3. The van der Waals surface area contributed by atoms with Gasteiger partial charge in [-0.1, -0.05) is 66.7 Å². The molecule has 3 aliphatic rings. The summed E-state index contributed by atoms with van der Waals surface area (Å²) < 4.78 is 0. The zero-order valence-electron chi connectivity index (χ0n) is 23.7. The van der Waals surface area contributed by atoms with Gasteiger partial charge in [0.25, 0.3) is 5.91 Å². The van der Waals surface area contributed by atoms with Gasteiger partial charge in [-0.15, -0.1) is 0 Å². The molecule has 2 amide bonds. The second-order valence-electron chi connectivity index (χ2n) is 12.1. The van der Waals surface area contributed by atoms with Gasteiger partial charge in [0.15, 0.2) is 0 Å². The zero-order valence-corrected chi connectivity index (χ0v) is 25.3. The third-order valence-corrected chi connectivity index (χ3v) is 9.91. The molecule has 0 spiro atoms. The van der Waals surface area contributed by atoms with Gasteiger partial charge in [0.2, 0.25) is 5.91 Å². The van der Waals surface area contributed by atoms with E-state index in [1.54, 1.807) is 0 Å². The topological polar surface area (TPSA) is 43.9 Å². The molecular formula is C33H43Cl2N3O2. The third-order valence-electron chi connectivity index (χ3n) is 9.17. The average molecular weight is 585 g/mol. The normalized spacial score (nSPS) is 19.8. The molecule has 0 bridgehead atoms. The van der Waals surface area contributed by atoms with Crippen molar-refractivity contribution in [2.75, 3.05) is 33.2 Å². The van der Waals surface area contributed by atoms with Gasteiger partial charge in [-0.25, -0.2) is 0 Å². The lowest BCUT2D eigenvalue weighted by molar-refractivity contribution is -0.139. The molecule has 2 aliphatic carbocycles. The molecule has 5 rings (SSSR count). The van der Waals surface area contributed by atoms with E-state index in [1.165, 1.54) is 32.1 Å². The molecule has 2 saturated carbocycles. The molecule has 0 radical (unpaired) electrons. The summed E-state index contributed by atoms with van der Waals surface area (Å²) in [5.74, 6) is 0.897. The molecular weight excluding hydrogens is 541 g/mol. The Balaban J connectivity index is 1.21. The molecule has 1 atom stereocenters. The van der Waals surface area contributed by atoms with Crippen molar-refractivity contribution in [1.82, 2.24) is 14.7 Å². The number of likely N-dealkylation sites (tertiary alicyclic amines) is 1. The highest BCUT2D eigenvalue weighted by Crippen LogP contribution is 2.37. The van der Waals surface area contributed by atoms with Crippen LogP contribution in [-0.2, 0) is 4.79 Å². The number of rotatable bonds is 10. The molecule has 3 fully saturated rings. The number of hydrogen-bond donors (Lipinski definition) is 0. The highest BCUT2D eigenvalue weighted by Gasteiger charge is 2.40. The molecule has 0 N–H and O–H groups in total. The first kappa shape index (κ1) is 29.4. The van der Waals surface area contributed by atoms with Crippen LogP contribution in [0.1, 0.15) is 86.0 Å². The van der Waals surface area contributed by atoms with Gasteiger partial charge in [-0.05, 0) is 81.3 Å². The lowest BCUT2D eigenvalue weighted by atomic mass is 9.90. The fourth-order valence-electron chi connectivity index (χ4n) is 6.66. The van der Waals surface area contributed by atoms with Gasteiger partial charge >= 0.3 is 0 Å². The molecule has 1 heterocycles. The van der Waals surface area contributed by atoms with Crippen LogP contribution in [-0.4, -0.2) is 71.8 Å². The van der Waals surface area contributed by atoms with Crippen LogP contribution < -0.4 is 0 Å². The van der Waals surface area contributed by atoms with Crippen molar-refractivity contribution < 1.29 is 9.59 Å². The van der Waals surface area contributed by atoms with Crippen LogP contribution in [0.25, 0.3) is 0 Å². The minimum atomic E-state index is 0.0228. The zero-order chi connectivity index (χ0) is 28.1. The van der Waals surface area contributed by atoms with Gasteiger partial charge < -0.3 is 14.7 Å². The fraction of sp³-hybridized carbons (Fsp3) is 0.576. The van der Waals surface area contributed by atoms with E-state index < -0.39 is 0 Å². The third kappa shape index (κ3) is 7.40. The molecule has 40 heavy (non-hydrogen) atoms. The van der Waals surface area contributed by atoms with Crippen LogP contribution in [0.2, 0.25) is 10.0 Å². The lowest BCUT2D eigenvalue weighted by Crippen LogP contribution is -2.53. The van der Waals surface area contributed by atoms with Crippen molar-refractivity contribution in [2.24, 2.45) is 5.92 Å². The molecule has 5 nitrogen and oxygen atoms in total. The smallest absolute Gasteiger partial charge is 0.253 e. The maximum Gasteiger partial charge on any atom is 0.253 e. The van der Waals surface area contributed by atoms with Crippen molar-refractivity contribution >= 4 is 35.0 Å². The van der Waals surface area contributed by atoms with Crippen molar-refractivity contribution in [3.05, 3.63) is 69.7 Å². The van der Waals surface area contributed by atoms with E-state index in [0.29, 0.717) is 46.1 Å². The summed E-state index contributed by atoms with van der Waals surface area (Å²) in [5.41, 5.74) is 1.80. The summed E-state index contributed by atoms with van der Waals surface area (Å²) in [5, 5.41) is 1.09. The number of benzene rings is 2. The first-order chi connectivity index (χ1) is 19.4. The summed E-state index contributed by atoms with van der Waals surface area (Å²) in [6.07, 6.45) is 11.4. The van der Waals surface area contributed by atoms with E-state index in [2.05, 4.69) is 9.80 Å². The fourth-order valence-corrected chi connectivity index (χ4v) is 6.97. The SMILES string of the molecule is CN(CC(CCN1CCC(N(C(=O)C2CC2)C2CCCCC2)CC1)c1ccc(Cl)c(Cl)c1)C(=O)c1ccccc1. The molecule has 1 unspecified atom stereocenters. The van der Waals surface area contributed by atoms with Crippen LogP contribution >= 0.6 is 23.2 Å². The Morgan fingerprint density at radius 1 is 0.875 bits per heavy atom. The van der Waals surface area contributed by atoms with Gasteiger partial charge in [-0.2, -0.15) is 0 Å². The van der Waals surface area contributed by atoms with Crippen LogP contribution in [0.5, 0.6) is 0 Å². The number of piperidine rings is 1. The van der Waals surface area contributed by atoms with Gasteiger partial charge in [0.05, 0.1) is 10.0 Å². The quantitative estimate of drug-likeness (QED) is 0.295. The molecule has 7 heteroatoms. The molecule has 2 aromatic rings. The van der Waals surface area contributed by atoms with E-state index in [-0.39, 0.29) is 11.8 Å². The second-order valence-corrected chi connectivity index (χ2v) is 12.9. The van der Waals surface area contributed by atoms with Crippen LogP contribution in [0.15, 0.2) is 48.5 Å². The van der Waals surface area contributed by atoms with Gasteiger partial charge in [0.1, 0.15) is 0 Å². The Bertz CT molecular complexity index is 1140. The number of likely N-dealkylation sites (N-methyl/N-ethyl adjacent to an activating group) is 1.